The average molecular weight is 453 g/mol. The van der Waals surface area contributed by atoms with Gasteiger partial charge >= 0.3 is 6.61 Å². The number of fused-ring (bicyclic) bond motifs is 3. The lowest BCUT2D eigenvalue weighted by Gasteiger charge is -2.25. The van der Waals surface area contributed by atoms with Crippen LogP contribution < -0.4 is 4.74 Å². The van der Waals surface area contributed by atoms with Crippen LogP contribution in [-0.2, 0) is 16.8 Å². The highest BCUT2D eigenvalue weighted by atomic mass is 19.3. The molecular formula is C23H21F2N5O3. The molecule has 4 aromatic rings. The van der Waals surface area contributed by atoms with Gasteiger partial charge in [-0.25, -0.2) is 19.5 Å². The molecule has 0 fully saturated rings. The minimum Gasteiger partial charge on any atom is -0.434 e. The molecule has 1 unspecified atom stereocenters. The molecule has 5 rings (SSSR count). The van der Waals surface area contributed by atoms with E-state index in [1.54, 1.807) is 55.0 Å². The highest BCUT2D eigenvalue weighted by molar-refractivity contribution is 5.59. The largest absolute Gasteiger partial charge is 0.434 e. The molecule has 0 radical (unpaired) electrons. The second-order valence-electron chi connectivity index (χ2n) is 8.20. The highest BCUT2D eigenvalue weighted by Crippen LogP contribution is 2.38. The summed E-state index contributed by atoms with van der Waals surface area (Å²) in [6, 6.07) is 10.2. The summed E-state index contributed by atoms with van der Waals surface area (Å²) in [5.41, 5.74) is 2.63. The fraction of sp³-hybridized carbons (Fsp3) is 0.304. The van der Waals surface area contributed by atoms with E-state index in [2.05, 4.69) is 15.0 Å². The molecule has 8 nitrogen and oxygen atoms in total. The molecule has 0 aliphatic carbocycles. The maximum atomic E-state index is 13.0. The van der Waals surface area contributed by atoms with Crippen LogP contribution in [0.25, 0.3) is 16.9 Å². The number of alkyl halides is 2. The molecule has 33 heavy (non-hydrogen) atoms. The first-order valence-electron chi connectivity index (χ1n) is 10.4. The Morgan fingerprint density at radius 2 is 1.91 bits per heavy atom. The average Bonchev–Trinajstić information content (AvgIpc) is 3.17. The zero-order valence-electron chi connectivity index (χ0n) is 17.9. The lowest BCUT2D eigenvalue weighted by atomic mass is 10.0. The summed E-state index contributed by atoms with van der Waals surface area (Å²) in [5.74, 6) is 0.350. The second-order valence-corrected chi connectivity index (χ2v) is 8.20. The number of halogens is 2. The van der Waals surface area contributed by atoms with Crippen molar-refractivity contribution in [3.63, 3.8) is 0 Å². The second kappa shape index (κ2) is 8.13. The molecular weight excluding hydrogens is 432 g/mol. The SMILES string of the molecule is CC(C)(O)c1ncc(-c2ccc3nc4c(n3n2)C(c2ccccc2OC(F)F)OCC4)cn1. The molecule has 1 atom stereocenters. The minimum absolute atomic E-state index is 0.0482. The Hall–Kier alpha value is -3.50. The summed E-state index contributed by atoms with van der Waals surface area (Å²) < 4.78 is 38.4. The number of rotatable bonds is 5. The van der Waals surface area contributed by atoms with Gasteiger partial charge in [0.25, 0.3) is 0 Å². The van der Waals surface area contributed by atoms with E-state index in [1.165, 1.54) is 6.07 Å². The van der Waals surface area contributed by atoms with Gasteiger partial charge in [0.05, 0.1) is 23.7 Å². The Morgan fingerprint density at radius 3 is 2.64 bits per heavy atom. The Morgan fingerprint density at radius 1 is 1.15 bits per heavy atom. The Balaban J connectivity index is 1.60. The Labute approximate surface area is 187 Å². The topological polar surface area (TPSA) is 94.7 Å². The normalized spacial score (nSPS) is 16.2. The summed E-state index contributed by atoms with van der Waals surface area (Å²) in [4.78, 5) is 13.2. The van der Waals surface area contributed by atoms with Gasteiger partial charge in [-0.1, -0.05) is 18.2 Å². The van der Waals surface area contributed by atoms with Crippen molar-refractivity contribution in [2.45, 2.75) is 38.6 Å². The molecule has 0 spiro atoms. The van der Waals surface area contributed by atoms with Crippen LogP contribution in [0.15, 0.2) is 48.8 Å². The molecule has 0 saturated heterocycles. The molecule has 4 heterocycles. The van der Waals surface area contributed by atoms with Crippen molar-refractivity contribution in [2.24, 2.45) is 0 Å². The van der Waals surface area contributed by atoms with Gasteiger partial charge in [0.15, 0.2) is 11.5 Å². The monoisotopic (exact) mass is 453 g/mol. The maximum absolute atomic E-state index is 13.0. The third-order valence-electron chi connectivity index (χ3n) is 5.37. The summed E-state index contributed by atoms with van der Waals surface area (Å²) in [6.45, 7) is 0.663. The molecule has 0 bridgehead atoms. The van der Waals surface area contributed by atoms with Crippen LogP contribution in [0.5, 0.6) is 5.75 Å². The van der Waals surface area contributed by atoms with Gasteiger partial charge in [-0.3, -0.25) is 0 Å². The summed E-state index contributed by atoms with van der Waals surface area (Å²) in [6.07, 6.45) is 3.09. The lowest BCUT2D eigenvalue weighted by Crippen LogP contribution is -2.20. The van der Waals surface area contributed by atoms with Crippen molar-refractivity contribution in [3.8, 4) is 17.0 Å². The van der Waals surface area contributed by atoms with E-state index in [-0.39, 0.29) is 5.75 Å². The van der Waals surface area contributed by atoms with Gasteiger partial charge in [0.1, 0.15) is 17.5 Å². The summed E-state index contributed by atoms with van der Waals surface area (Å²) in [7, 11) is 0. The van der Waals surface area contributed by atoms with Gasteiger partial charge in [0.2, 0.25) is 0 Å². The van der Waals surface area contributed by atoms with E-state index in [0.29, 0.717) is 47.0 Å². The molecule has 1 N–H and O–H groups in total. The number of imidazole rings is 1. The van der Waals surface area contributed by atoms with Crippen LogP contribution in [0.4, 0.5) is 8.78 Å². The number of aliphatic hydroxyl groups is 1. The van der Waals surface area contributed by atoms with Crippen molar-refractivity contribution < 1.29 is 23.4 Å². The van der Waals surface area contributed by atoms with Crippen molar-refractivity contribution in [1.29, 1.82) is 0 Å². The van der Waals surface area contributed by atoms with Crippen molar-refractivity contribution in [3.05, 3.63) is 71.6 Å². The molecule has 0 amide bonds. The van der Waals surface area contributed by atoms with E-state index in [0.717, 1.165) is 5.69 Å². The third-order valence-corrected chi connectivity index (χ3v) is 5.37. The molecule has 0 saturated carbocycles. The fourth-order valence-electron chi connectivity index (χ4n) is 3.86. The van der Waals surface area contributed by atoms with Gasteiger partial charge in [-0.2, -0.15) is 13.9 Å². The van der Waals surface area contributed by atoms with Crippen LogP contribution in [0.3, 0.4) is 0 Å². The molecule has 1 aliphatic heterocycles. The summed E-state index contributed by atoms with van der Waals surface area (Å²) in [5, 5.41) is 14.8. The zero-order valence-corrected chi connectivity index (χ0v) is 17.9. The van der Waals surface area contributed by atoms with Crippen LogP contribution >= 0.6 is 0 Å². The standard InChI is InChI=1S/C23H21F2N5O3/c1-23(2,31)21-26-11-13(12-27-21)15-7-8-18-28-16-9-10-32-20(19(16)30(18)29-15)14-5-3-4-6-17(14)33-22(24)25/h3-8,11-12,20,22,31H,9-10H2,1-2H3. The van der Waals surface area contributed by atoms with Gasteiger partial charge in [-0.05, 0) is 32.0 Å². The van der Waals surface area contributed by atoms with Gasteiger partial charge < -0.3 is 14.6 Å². The van der Waals surface area contributed by atoms with Gasteiger partial charge in [0, 0.05) is 29.9 Å². The lowest BCUT2D eigenvalue weighted by molar-refractivity contribution is -0.0522. The van der Waals surface area contributed by atoms with Crippen LogP contribution in [0, 0.1) is 0 Å². The van der Waals surface area contributed by atoms with Gasteiger partial charge in [-0.15, -0.1) is 0 Å². The number of para-hydroxylation sites is 1. The number of ether oxygens (including phenoxy) is 2. The fourth-order valence-corrected chi connectivity index (χ4v) is 3.86. The van der Waals surface area contributed by atoms with E-state index < -0.39 is 18.3 Å². The highest BCUT2D eigenvalue weighted by Gasteiger charge is 2.31. The Bertz CT molecular complexity index is 1300. The first-order valence-corrected chi connectivity index (χ1v) is 10.4. The third kappa shape index (κ3) is 4.03. The van der Waals surface area contributed by atoms with Crippen LogP contribution in [0.1, 0.15) is 42.7 Å². The minimum atomic E-state index is -2.95. The van der Waals surface area contributed by atoms with Crippen LogP contribution in [0.2, 0.25) is 0 Å². The first-order chi connectivity index (χ1) is 15.8. The van der Waals surface area contributed by atoms with Crippen molar-refractivity contribution >= 4 is 5.65 Å². The molecule has 3 aromatic heterocycles. The number of hydrogen-bond acceptors (Lipinski definition) is 7. The molecule has 1 aromatic carbocycles. The Kier molecular flexibility index (Phi) is 5.26. The first kappa shape index (κ1) is 21.4. The zero-order chi connectivity index (χ0) is 23.2. The van der Waals surface area contributed by atoms with E-state index >= 15 is 0 Å². The van der Waals surface area contributed by atoms with E-state index in [9.17, 15) is 13.9 Å². The van der Waals surface area contributed by atoms with E-state index in [1.807, 2.05) is 6.07 Å². The number of aromatic nitrogens is 5. The summed E-state index contributed by atoms with van der Waals surface area (Å²) >= 11 is 0. The predicted molar refractivity (Wildman–Crippen MR) is 114 cm³/mol. The predicted octanol–water partition coefficient (Wildman–Crippen LogP) is 3.68. The smallest absolute Gasteiger partial charge is 0.387 e. The molecule has 10 heteroatoms. The van der Waals surface area contributed by atoms with E-state index in [4.69, 9.17) is 14.6 Å². The van der Waals surface area contributed by atoms with Crippen molar-refractivity contribution in [1.82, 2.24) is 24.6 Å². The number of nitrogens with zero attached hydrogens (tertiary/aromatic N) is 5. The molecule has 170 valence electrons. The molecule has 1 aliphatic rings. The maximum Gasteiger partial charge on any atom is 0.387 e. The quantitative estimate of drug-likeness (QED) is 0.493. The van der Waals surface area contributed by atoms with Crippen molar-refractivity contribution in [2.75, 3.05) is 6.61 Å². The van der Waals surface area contributed by atoms with Crippen LogP contribution in [-0.4, -0.2) is 42.9 Å². The number of hydrogen-bond donors (Lipinski definition) is 1. The number of benzene rings is 1.